The first-order valence-electron chi connectivity index (χ1n) is 24.4. The Morgan fingerprint density at radius 1 is 0.397 bits per heavy atom. The van der Waals surface area contributed by atoms with Crippen molar-refractivity contribution in [3.8, 4) is 23.0 Å². The number of fused-ring (bicyclic) bond motifs is 1. The van der Waals surface area contributed by atoms with Crippen LogP contribution in [0.2, 0.25) is 0 Å². The van der Waals surface area contributed by atoms with Crippen LogP contribution in [0.1, 0.15) is 171 Å². The molecule has 4 nitrogen and oxygen atoms in total. The Kier molecular flexibility index (Phi) is 28.0. The monoisotopic (exact) mass is 959 g/mol. The van der Waals surface area contributed by atoms with Crippen LogP contribution in [0.15, 0.2) is 149 Å². The van der Waals surface area contributed by atoms with Crippen LogP contribution in [0.4, 0.5) is 0 Å². The second kappa shape index (κ2) is 32.1. The highest BCUT2D eigenvalue weighted by atomic mass is 32.2. The van der Waals surface area contributed by atoms with Crippen molar-refractivity contribution < 1.29 is 18.9 Å². The zero-order valence-corrected chi connectivity index (χ0v) is 46.6. The Balaban J connectivity index is 0.000000281. The van der Waals surface area contributed by atoms with Gasteiger partial charge in [-0.2, -0.15) is 0 Å². The molecule has 1 aliphatic rings. The summed E-state index contributed by atoms with van der Waals surface area (Å²) in [4.78, 5) is 2.70. The smallest absolute Gasteiger partial charge is 0.231 e. The van der Waals surface area contributed by atoms with Gasteiger partial charge in [0.25, 0.3) is 0 Å². The molecule has 1 heterocycles. The van der Waals surface area contributed by atoms with Gasteiger partial charge in [-0.1, -0.05) is 168 Å². The highest BCUT2D eigenvalue weighted by Crippen LogP contribution is 2.34. The molecular formula is C62H86O4S2. The summed E-state index contributed by atoms with van der Waals surface area (Å²) in [5.41, 5.74) is 9.60. The zero-order valence-electron chi connectivity index (χ0n) is 45.0. The third-order valence-corrected chi connectivity index (χ3v) is 12.5. The lowest BCUT2D eigenvalue weighted by molar-refractivity contribution is 0.174. The molecule has 0 spiro atoms. The fourth-order valence-corrected chi connectivity index (χ4v) is 7.37. The molecule has 0 bridgehead atoms. The normalized spacial score (nSPS) is 11.1. The van der Waals surface area contributed by atoms with Crippen molar-refractivity contribution in [3.63, 3.8) is 0 Å². The van der Waals surface area contributed by atoms with Crippen LogP contribution in [0.5, 0.6) is 23.0 Å². The third-order valence-electron chi connectivity index (χ3n) is 11.0. The van der Waals surface area contributed by atoms with E-state index in [9.17, 15) is 0 Å². The number of rotatable bonds is 11. The van der Waals surface area contributed by atoms with Crippen LogP contribution in [0.25, 0.3) is 0 Å². The van der Waals surface area contributed by atoms with Gasteiger partial charge in [-0.05, 0) is 163 Å². The Hall–Kier alpha value is -4.78. The van der Waals surface area contributed by atoms with Crippen LogP contribution in [-0.2, 0) is 0 Å². The number of benzene rings is 6. The van der Waals surface area contributed by atoms with Crippen LogP contribution in [0, 0.1) is 6.92 Å². The van der Waals surface area contributed by atoms with Gasteiger partial charge in [0.05, 0.1) is 13.2 Å². The van der Waals surface area contributed by atoms with Crippen LogP contribution in [0.3, 0.4) is 0 Å². The number of aryl methyl sites for hydroxylation is 1. The first kappa shape index (κ1) is 59.3. The average Bonchev–Trinajstić information content (AvgIpc) is 3.81. The molecule has 7 rings (SSSR count). The van der Waals surface area contributed by atoms with Crippen molar-refractivity contribution >= 4 is 23.5 Å². The van der Waals surface area contributed by atoms with Crippen molar-refractivity contribution in [3.05, 3.63) is 178 Å². The average molecular weight is 959 g/mol. The zero-order chi connectivity index (χ0) is 50.8. The molecule has 0 atom stereocenters. The first-order valence-corrected chi connectivity index (χ1v) is 26.9. The van der Waals surface area contributed by atoms with Crippen LogP contribution < -0.4 is 18.9 Å². The molecule has 0 aromatic heterocycles. The van der Waals surface area contributed by atoms with E-state index in [-0.39, 0.29) is 6.10 Å². The van der Waals surface area contributed by atoms with E-state index in [0.717, 1.165) is 23.0 Å². The van der Waals surface area contributed by atoms with Crippen molar-refractivity contribution in [1.82, 2.24) is 0 Å². The van der Waals surface area contributed by atoms with E-state index >= 15 is 0 Å². The van der Waals surface area contributed by atoms with Gasteiger partial charge in [0, 0.05) is 9.79 Å². The SMILES string of the molecule is CC(C)Oc1ccc(C(C)C)cc1.CC(C)c1ccc2c(c1)OCO2.COc1cccc(C(C)C)c1.CSc1ccc(C(C)C)cc1.CSc1cccc(C(C)C)c1.Cc1cccc(C(C)C)c1. The van der Waals surface area contributed by atoms with Gasteiger partial charge >= 0.3 is 0 Å². The molecule has 0 saturated carbocycles. The molecule has 68 heavy (non-hydrogen) atoms. The summed E-state index contributed by atoms with van der Waals surface area (Å²) in [6.07, 6.45) is 4.47. The number of hydrogen-bond donors (Lipinski definition) is 0. The largest absolute Gasteiger partial charge is 0.497 e. The quantitative estimate of drug-likeness (QED) is 0.120. The predicted molar refractivity (Wildman–Crippen MR) is 300 cm³/mol. The fraction of sp³-hybridized carbons (Fsp3) is 0.419. The molecule has 0 aliphatic carbocycles. The van der Waals surface area contributed by atoms with Gasteiger partial charge in [-0.3, -0.25) is 0 Å². The summed E-state index contributed by atoms with van der Waals surface area (Å²) in [5, 5.41) is 0. The van der Waals surface area contributed by atoms with Gasteiger partial charge in [0.1, 0.15) is 11.5 Å². The molecule has 0 saturated heterocycles. The van der Waals surface area contributed by atoms with Crippen LogP contribution >= 0.6 is 23.5 Å². The van der Waals surface area contributed by atoms with Crippen LogP contribution in [-0.4, -0.2) is 32.5 Å². The molecule has 370 valence electrons. The summed E-state index contributed by atoms with van der Waals surface area (Å²) < 4.78 is 21.1. The molecule has 0 N–H and O–H groups in total. The Morgan fingerprint density at radius 2 is 0.824 bits per heavy atom. The summed E-state index contributed by atoms with van der Waals surface area (Å²) >= 11 is 3.59. The maximum absolute atomic E-state index is 5.55. The fourth-order valence-electron chi connectivity index (χ4n) is 6.50. The molecular weight excluding hydrogens is 873 g/mol. The molecule has 0 radical (unpaired) electrons. The van der Waals surface area contributed by atoms with Crippen molar-refractivity contribution in [2.45, 2.75) is 155 Å². The molecule has 6 aromatic rings. The minimum atomic E-state index is 0.255. The first-order chi connectivity index (χ1) is 32.3. The van der Waals surface area contributed by atoms with Gasteiger partial charge in [-0.15, -0.1) is 23.5 Å². The van der Waals surface area contributed by atoms with Gasteiger partial charge in [0.2, 0.25) is 6.79 Å². The molecule has 0 amide bonds. The maximum Gasteiger partial charge on any atom is 0.231 e. The lowest BCUT2D eigenvalue weighted by Gasteiger charge is -2.11. The van der Waals surface area contributed by atoms with E-state index in [4.69, 9.17) is 18.9 Å². The summed E-state index contributed by atoms with van der Waals surface area (Å²) in [6, 6.07) is 48.8. The standard InChI is InChI=1S/C12H18O.C10H12O2.C10H14O.2C10H14S.C10H14/c1-9(2)11-5-7-12(8-6-11)13-10(3)4;1-7(2)8-3-4-9-10(5-8)12-6-11-9;1-8(2)9-5-4-6-10(7-9)11-3;1-8(2)9-4-6-10(11-3)7-5-9;1-8(2)9-5-4-6-10(7-9)11-3;1-8(2)10-6-4-5-9(3)7-10/h5-10H,1-4H3;3-5,7H,6H2,1-2H3;3*4-8H,1-3H3;4-8H,1-3H3. The van der Waals surface area contributed by atoms with E-state index in [2.05, 4.69) is 206 Å². The van der Waals surface area contributed by atoms with E-state index in [0.29, 0.717) is 42.3 Å². The predicted octanol–water partition coefficient (Wildman–Crippen LogP) is 19.1. The van der Waals surface area contributed by atoms with Gasteiger partial charge < -0.3 is 18.9 Å². The second-order valence-electron chi connectivity index (χ2n) is 19.0. The minimum absolute atomic E-state index is 0.255. The number of ether oxygens (including phenoxy) is 4. The Labute approximate surface area is 423 Å². The topological polar surface area (TPSA) is 36.9 Å². The lowest BCUT2D eigenvalue weighted by atomic mass is 10.0. The highest BCUT2D eigenvalue weighted by molar-refractivity contribution is 7.98. The molecule has 6 aromatic carbocycles. The number of hydrogen-bond acceptors (Lipinski definition) is 6. The Bertz CT molecular complexity index is 2210. The molecule has 0 fully saturated rings. The van der Waals surface area contributed by atoms with Gasteiger partial charge in [0.15, 0.2) is 11.5 Å². The lowest BCUT2D eigenvalue weighted by Crippen LogP contribution is -2.05. The van der Waals surface area contributed by atoms with E-state index in [1.807, 2.05) is 50.2 Å². The molecule has 1 aliphatic heterocycles. The second-order valence-corrected chi connectivity index (χ2v) is 20.8. The molecule has 0 unspecified atom stereocenters. The Morgan fingerprint density at radius 3 is 1.28 bits per heavy atom. The highest BCUT2D eigenvalue weighted by Gasteiger charge is 2.14. The van der Waals surface area contributed by atoms with E-state index in [1.54, 1.807) is 30.6 Å². The maximum atomic E-state index is 5.55. The van der Waals surface area contributed by atoms with Crippen molar-refractivity contribution in [2.75, 3.05) is 26.4 Å². The van der Waals surface area contributed by atoms with Gasteiger partial charge in [-0.25, -0.2) is 0 Å². The number of methoxy groups -OCH3 is 1. The van der Waals surface area contributed by atoms with Crippen molar-refractivity contribution in [1.29, 1.82) is 0 Å². The summed E-state index contributed by atoms with van der Waals surface area (Å²) in [6.45, 7) is 32.9. The third kappa shape index (κ3) is 23.0. The minimum Gasteiger partial charge on any atom is -0.497 e. The number of thioether (sulfide) groups is 2. The summed E-state index contributed by atoms with van der Waals surface area (Å²) in [7, 11) is 1.69. The summed E-state index contributed by atoms with van der Waals surface area (Å²) in [5.74, 6) is 7.28. The van der Waals surface area contributed by atoms with Crippen molar-refractivity contribution in [2.24, 2.45) is 0 Å². The van der Waals surface area contributed by atoms with E-state index < -0.39 is 0 Å². The molecule has 6 heteroatoms. The van der Waals surface area contributed by atoms with E-state index in [1.165, 1.54) is 48.7 Å².